The van der Waals surface area contributed by atoms with E-state index in [9.17, 15) is 0 Å². The molecule has 0 fully saturated rings. The van der Waals surface area contributed by atoms with Crippen molar-refractivity contribution in [3.05, 3.63) is 46.3 Å². The first-order chi connectivity index (χ1) is 9.52. The number of nitrogens with zero attached hydrogens (tertiary/aromatic N) is 1. The molecule has 1 N–H and O–H groups in total. The molecule has 1 unspecified atom stereocenters. The molecule has 0 bridgehead atoms. The predicted octanol–water partition coefficient (Wildman–Crippen LogP) is 3.46. The highest BCUT2D eigenvalue weighted by molar-refractivity contribution is 5.37. The van der Waals surface area contributed by atoms with Crippen molar-refractivity contribution >= 4 is 0 Å². The van der Waals surface area contributed by atoms with Crippen LogP contribution in [0.4, 0.5) is 0 Å². The molecule has 4 heteroatoms. The molecule has 108 valence electrons. The molecule has 2 aromatic rings. The van der Waals surface area contributed by atoms with Gasteiger partial charge in [-0.05, 0) is 33.8 Å². The van der Waals surface area contributed by atoms with Gasteiger partial charge in [-0.3, -0.25) is 0 Å². The lowest BCUT2D eigenvalue weighted by molar-refractivity contribution is 0.390. The van der Waals surface area contributed by atoms with Gasteiger partial charge in [0.05, 0.1) is 12.8 Å². The van der Waals surface area contributed by atoms with Crippen molar-refractivity contribution in [1.29, 1.82) is 0 Å². The van der Waals surface area contributed by atoms with Crippen molar-refractivity contribution in [2.75, 3.05) is 7.11 Å². The van der Waals surface area contributed by atoms with Gasteiger partial charge in [0.1, 0.15) is 11.5 Å². The van der Waals surface area contributed by atoms with E-state index in [1.165, 1.54) is 5.56 Å². The Morgan fingerprint density at radius 1 is 1.30 bits per heavy atom. The smallest absolute Gasteiger partial charge is 0.138 e. The molecule has 0 saturated heterocycles. The summed E-state index contributed by atoms with van der Waals surface area (Å²) in [7, 11) is 1.70. The van der Waals surface area contributed by atoms with E-state index in [0.717, 1.165) is 34.9 Å². The number of benzene rings is 1. The van der Waals surface area contributed by atoms with E-state index >= 15 is 0 Å². The Morgan fingerprint density at radius 3 is 2.65 bits per heavy atom. The Kier molecular flexibility index (Phi) is 4.45. The second-order valence-electron chi connectivity index (χ2n) is 5.16. The van der Waals surface area contributed by atoms with Crippen LogP contribution in [-0.2, 0) is 6.54 Å². The molecule has 1 atom stereocenters. The number of aromatic nitrogens is 1. The fourth-order valence-electron chi connectivity index (χ4n) is 2.52. The van der Waals surface area contributed by atoms with Crippen LogP contribution in [-0.4, -0.2) is 12.3 Å². The van der Waals surface area contributed by atoms with Gasteiger partial charge in [-0.25, -0.2) is 0 Å². The first kappa shape index (κ1) is 14.6. The van der Waals surface area contributed by atoms with Crippen molar-refractivity contribution < 1.29 is 9.26 Å². The van der Waals surface area contributed by atoms with Crippen LogP contribution in [0.1, 0.15) is 41.1 Å². The Balaban J connectivity index is 2.11. The van der Waals surface area contributed by atoms with Gasteiger partial charge in [0.15, 0.2) is 0 Å². The molecule has 0 aliphatic carbocycles. The van der Waals surface area contributed by atoms with E-state index < -0.39 is 0 Å². The summed E-state index contributed by atoms with van der Waals surface area (Å²) in [5.41, 5.74) is 4.47. The molecule has 0 radical (unpaired) electrons. The fraction of sp³-hybridized carbons (Fsp3) is 0.438. The molecule has 0 saturated carbocycles. The Bertz CT molecular complexity index is 571. The lowest BCUT2D eigenvalue weighted by atomic mass is 10.1. The molecule has 2 rings (SSSR count). The van der Waals surface area contributed by atoms with Gasteiger partial charge in [0, 0.05) is 23.7 Å². The van der Waals surface area contributed by atoms with Gasteiger partial charge in [-0.1, -0.05) is 22.9 Å². The summed E-state index contributed by atoms with van der Waals surface area (Å²) in [4.78, 5) is 0. The average molecular weight is 274 g/mol. The maximum absolute atomic E-state index is 5.40. The summed E-state index contributed by atoms with van der Waals surface area (Å²) in [6.07, 6.45) is 0. The molecule has 0 aliphatic heterocycles. The molecule has 4 nitrogen and oxygen atoms in total. The lowest BCUT2D eigenvalue weighted by Gasteiger charge is -2.16. The summed E-state index contributed by atoms with van der Waals surface area (Å²) < 4.78 is 10.6. The topological polar surface area (TPSA) is 47.3 Å². The Morgan fingerprint density at radius 2 is 2.05 bits per heavy atom. The number of hydrogen-bond acceptors (Lipinski definition) is 4. The fourth-order valence-corrected chi connectivity index (χ4v) is 2.52. The zero-order valence-electron chi connectivity index (χ0n) is 12.8. The summed E-state index contributed by atoms with van der Waals surface area (Å²) in [5, 5.41) is 7.51. The highest BCUT2D eigenvalue weighted by atomic mass is 16.5. The third kappa shape index (κ3) is 3.02. The van der Waals surface area contributed by atoms with Crippen molar-refractivity contribution in [2.45, 2.75) is 40.3 Å². The Hall–Kier alpha value is -1.81. The minimum atomic E-state index is 0.187. The van der Waals surface area contributed by atoms with Crippen LogP contribution in [0.25, 0.3) is 0 Å². The van der Waals surface area contributed by atoms with Crippen LogP contribution in [0.15, 0.2) is 22.7 Å². The van der Waals surface area contributed by atoms with Crippen molar-refractivity contribution in [2.24, 2.45) is 0 Å². The van der Waals surface area contributed by atoms with Crippen LogP contribution in [0.5, 0.6) is 5.75 Å². The van der Waals surface area contributed by atoms with Crippen LogP contribution in [0.2, 0.25) is 0 Å². The number of nitrogens with one attached hydrogen (secondary N) is 1. The molecule has 20 heavy (non-hydrogen) atoms. The van der Waals surface area contributed by atoms with Gasteiger partial charge in [-0.15, -0.1) is 0 Å². The summed E-state index contributed by atoms with van der Waals surface area (Å²) in [6, 6.07) is 6.39. The minimum absolute atomic E-state index is 0.187. The third-order valence-corrected chi connectivity index (χ3v) is 3.56. The highest BCUT2D eigenvalue weighted by Crippen LogP contribution is 2.23. The van der Waals surface area contributed by atoms with Gasteiger partial charge < -0.3 is 14.6 Å². The van der Waals surface area contributed by atoms with E-state index in [2.05, 4.69) is 36.5 Å². The van der Waals surface area contributed by atoms with E-state index in [0.29, 0.717) is 0 Å². The standard InChI is InChI=1S/C16H22N2O2/c1-10-6-7-15(19-5)14(8-10)9-17-11(2)16-12(3)18-20-13(16)4/h6-8,11,17H,9H2,1-5H3. The van der Waals surface area contributed by atoms with Gasteiger partial charge in [-0.2, -0.15) is 0 Å². The maximum Gasteiger partial charge on any atom is 0.138 e. The van der Waals surface area contributed by atoms with Gasteiger partial charge in [0.2, 0.25) is 0 Å². The first-order valence-corrected chi connectivity index (χ1v) is 6.82. The molecular weight excluding hydrogens is 252 g/mol. The molecule has 1 aromatic heterocycles. The SMILES string of the molecule is COc1ccc(C)cc1CNC(C)c1c(C)noc1C. The molecule has 0 amide bonds. The maximum atomic E-state index is 5.40. The number of rotatable bonds is 5. The zero-order valence-corrected chi connectivity index (χ0v) is 12.8. The minimum Gasteiger partial charge on any atom is -0.496 e. The summed E-state index contributed by atoms with van der Waals surface area (Å²) in [6.45, 7) is 8.86. The lowest BCUT2D eigenvalue weighted by Crippen LogP contribution is -2.19. The van der Waals surface area contributed by atoms with E-state index in [1.54, 1.807) is 7.11 Å². The monoisotopic (exact) mass is 274 g/mol. The number of hydrogen-bond donors (Lipinski definition) is 1. The second kappa shape index (κ2) is 6.09. The van der Waals surface area contributed by atoms with Crippen LogP contribution in [0, 0.1) is 20.8 Å². The number of aryl methyl sites for hydroxylation is 3. The van der Waals surface area contributed by atoms with Crippen molar-refractivity contribution in [3.8, 4) is 5.75 Å². The van der Waals surface area contributed by atoms with Gasteiger partial charge >= 0.3 is 0 Å². The predicted molar refractivity (Wildman–Crippen MR) is 79.0 cm³/mol. The molecule has 1 aromatic carbocycles. The van der Waals surface area contributed by atoms with Crippen LogP contribution >= 0.6 is 0 Å². The van der Waals surface area contributed by atoms with Crippen molar-refractivity contribution in [3.63, 3.8) is 0 Å². The average Bonchev–Trinajstić information content (AvgIpc) is 2.76. The second-order valence-corrected chi connectivity index (χ2v) is 5.16. The zero-order chi connectivity index (χ0) is 14.7. The van der Waals surface area contributed by atoms with Gasteiger partial charge in [0.25, 0.3) is 0 Å². The van der Waals surface area contributed by atoms with E-state index in [1.807, 2.05) is 19.9 Å². The van der Waals surface area contributed by atoms with E-state index in [-0.39, 0.29) is 6.04 Å². The normalized spacial score (nSPS) is 12.4. The molecular formula is C16H22N2O2. The largest absolute Gasteiger partial charge is 0.496 e. The number of ether oxygens (including phenoxy) is 1. The van der Waals surface area contributed by atoms with Crippen LogP contribution < -0.4 is 10.1 Å². The summed E-state index contributed by atoms with van der Waals surface area (Å²) in [5.74, 6) is 1.78. The van der Waals surface area contributed by atoms with E-state index in [4.69, 9.17) is 9.26 Å². The molecule has 1 heterocycles. The van der Waals surface area contributed by atoms with Crippen LogP contribution in [0.3, 0.4) is 0 Å². The highest BCUT2D eigenvalue weighted by Gasteiger charge is 2.16. The summed E-state index contributed by atoms with van der Waals surface area (Å²) >= 11 is 0. The Labute approximate surface area is 120 Å². The molecule has 0 aliphatic rings. The number of methoxy groups -OCH3 is 1. The first-order valence-electron chi connectivity index (χ1n) is 6.82. The molecule has 0 spiro atoms. The quantitative estimate of drug-likeness (QED) is 0.907. The third-order valence-electron chi connectivity index (χ3n) is 3.56. The van der Waals surface area contributed by atoms with Crippen molar-refractivity contribution in [1.82, 2.24) is 10.5 Å².